The van der Waals surface area contributed by atoms with Crippen LogP contribution in [0.15, 0.2) is 77.6 Å². The number of pyridine rings is 3. The molecule has 0 spiro atoms. The monoisotopic (exact) mass is 337 g/mol. The molecule has 0 aliphatic carbocycles. The molecule has 0 bridgehead atoms. The molecule has 0 radical (unpaired) electrons. The van der Waals surface area contributed by atoms with E-state index < -0.39 is 0 Å². The highest BCUT2D eigenvalue weighted by atomic mass is 16.3. The number of hydrogen-bond donors (Lipinski definition) is 0. The van der Waals surface area contributed by atoms with Gasteiger partial charge in [-0.05, 0) is 47.9 Å². The van der Waals surface area contributed by atoms with Crippen LogP contribution in [0.2, 0.25) is 0 Å². The van der Waals surface area contributed by atoms with Crippen molar-refractivity contribution < 1.29 is 4.42 Å². The molecule has 0 aliphatic rings. The predicted molar refractivity (Wildman–Crippen MR) is 103 cm³/mol. The first-order valence-corrected chi connectivity index (χ1v) is 8.46. The Labute approximate surface area is 150 Å². The summed E-state index contributed by atoms with van der Waals surface area (Å²) in [7, 11) is 0. The molecule has 0 N–H and O–H groups in total. The van der Waals surface area contributed by atoms with Gasteiger partial charge in [0.05, 0.1) is 11.1 Å². The smallest absolute Gasteiger partial charge is 0.229 e. The number of benzene rings is 1. The Morgan fingerprint density at radius 3 is 2.38 bits per heavy atom. The van der Waals surface area contributed by atoms with Gasteiger partial charge in [-0.25, -0.2) is 4.98 Å². The van der Waals surface area contributed by atoms with Gasteiger partial charge in [0.25, 0.3) is 0 Å². The van der Waals surface area contributed by atoms with Gasteiger partial charge in [0, 0.05) is 24.2 Å². The van der Waals surface area contributed by atoms with Crippen molar-refractivity contribution in [1.82, 2.24) is 15.0 Å². The highest BCUT2D eigenvalue weighted by Gasteiger charge is 2.18. The van der Waals surface area contributed by atoms with Crippen LogP contribution in [0.25, 0.3) is 44.6 Å². The van der Waals surface area contributed by atoms with Gasteiger partial charge in [-0.3, -0.25) is 9.97 Å². The quantitative estimate of drug-likeness (QED) is 0.432. The zero-order valence-corrected chi connectivity index (χ0v) is 14.2. The molecule has 0 fully saturated rings. The average Bonchev–Trinajstić information content (AvgIpc) is 3.07. The van der Waals surface area contributed by atoms with Crippen LogP contribution in [0.5, 0.6) is 0 Å². The normalized spacial score (nSPS) is 11.3. The van der Waals surface area contributed by atoms with Crippen molar-refractivity contribution in [3.05, 3.63) is 78.8 Å². The molecular weight excluding hydrogens is 322 g/mol. The summed E-state index contributed by atoms with van der Waals surface area (Å²) < 4.78 is 6.13. The minimum Gasteiger partial charge on any atom is -0.435 e. The fourth-order valence-electron chi connectivity index (χ4n) is 3.32. The van der Waals surface area contributed by atoms with Crippen LogP contribution in [-0.4, -0.2) is 15.0 Å². The molecule has 0 saturated heterocycles. The molecule has 0 aliphatic heterocycles. The van der Waals surface area contributed by atoms with Crippen LogP contribution in [0.1, 0.15) is 5.56 Å². The highest BCUT2D eigenvalue weighted by molar-refractivity contribution is 6.12. The first-order valence-electron chi connectivity index (χ1n) is 8.46. The molecule has 0 saturated carbocycles. The Hall–Kier alpha value is -3.53. The van der Waals surface area contributed by atoms with E-state index in [2.05, 4.69) is 34.0 Å². The van der Waals surface area contributed by atoms with Gasteiger partial charge in [-0.2, -0.15) is 0 Å². The predicted octanol–water partition coefficient (Wildman–Crippen LogP) is 5.41. The summed E-state index contributed by atoms with van der Waals surface area (Å²) in [6.45, 7) is 2.05. The van der Waals surface area contributed by atoms with E-state index in [1.165, 1.54) is 0 Å². The minimum absolute atomic E-state index is 0.592. The lowest BCUT2D eigenvalue weighted by atomic mass is 10.0. The number of nitrogens with zero attached hydrogens (tertiary/aromatic N) is 3. The molecule has 0 unspecified atom stereocenters. The van der Waals surface area contributed by atoms with Gasteiger partial charge in [0.15, 0.2) is 5.58 Å². The Morgan fingerprint density at radius 1 is 0.769 bits per heavy atom. The molecule has 4 nitrogen and oxygen atoms in total. The van der Waals surface area contributed by atoms with Crippen molar-refractivity contribution in [3.63, 3.8) is 0 Å². The van der Waals surface area contributed by atoms with Gasteiger partial charge in [-0.1, -0.05) is 30.3 Å². The van der Waals surface area contributed by atoms with Gasteiger partial charge in [0.2, 0.25) is 5.71 Å². The van der Waals surface area contributed by atoms with Gasteiger partial charge in [-0.15, -0.1) is 0 Å². The molecule has 0 amide bonds. The van der Waals surface area contributed by atoms with E-state index in [-0.39, 0.29) is 0 Å². The first kappa shape index (κ1) is 14.8. The van der Waals surface area contributed by atoms with Crippen molar-refractivity contribution in [3.8, 4) is 22.4 Å². The molecule has 5 aromatic rings. The highest BCUT2D eigenvalue weighted by Crippen LogP contribution is 2.37. The van der Waals surface area contributed by atoms with E-state index in [4.69, 9.17) is 4.42 Å². The summed E-state index contributed by atoms with van der Waals surface area (Å²) in [5.74, 6) is 0. The number of rotatable bonds is 2. The van der Waals surface area contributed by atoms with Crippen molar-refractivity contribution in [2.24, 2.45) is 0 Å². The van der Waals surface area contributed by atoms with Crippen molar-refractivity contribution in [2.75, 3.05) is 0 Å². The van der Waals surface area contributed by atoms with Crippen LogP contribution in [0.4, 0.5) is 0 Å². The molecule has 0 atom stereocenters. The van der Waals surface area contributed by atoms with Crippen LogP contribution in [0.3, 0.4) is 0 Å². The minimum atomic E-state index is 0.592. The number of aryl methyl sites for hydroxylation is 1. The lowest BCUT2D eigenvalue weighted by Crippen LogP contribution is -1.86. The summed E-state index contributed by atoms with van der Waals surface area (Å²) in [6, 6.07) is 18.2. The summed E-state index contributed by atoms with van der Waals surface area (Å²) in [5.41, 5.74) is 7.26. The van der Waals surface area contributed by atoms with E-state index >= 15 is 0 Å². The Kier molecular flexibility index (Phi) is 3.28. The van der Waals surface area contributed by atoms with Crippen molar-refractivity contribution in [2.45, 2.75) is 6.92 Å². The second-order valence-electron chi connectivity index (χ2n) is 6.26. The number of hydrogen-bond acceptors (Lipinski definition) is 4. The van der Waals surface area contributed by atoms with Gasteiger partial charge >= 0.3 is 0 Å². The fraction of sp³-hybridized carbons (Fsp3) is 0.0455. The zero-order chi connectivity index (χ0) is 17.5. The molecule has 4 heterocycles. The van der Waals surface area contributed by atoms with Crippen molar-refractivity contribution in [1.29, 1.82) is 0 Å². The number of furan rings is 1. The maximum atomic E-state index is 6.13. The summed E-state index contributed by atoms with van der Waals surface area (Å²) in [4.78, 5) is 13.5. The zero-order valence-electron chi connectivity index (χ0n) is 14.2. The lowest BCUT2D eigenvalue weighted by molar-refractivity contribution is 0.654. The maximum absolute atomic E-state index is 6.13. The Bertz CT molecular complexity index is 1240. The molecule has 4 heteroatoms. The standard InChI is InChI=1S/C22H15N3O/c1-14-7-10-23-18(13-14)17-9-11-24-20-19-16(15-5-3-2-4-6-15)8-12-25-22(19)26-21(17)20/h2-13H,1H3. The number of aromatic nitrogens is 3. The third-order valence-corrected chi connectivity index (χ3v) is 4.53. The van der Waals surface area contributed by atoms with Gasteiger partial charge < -0.3 is 4.42 Å². The van der Waals surface area contributed by atoms with Crippen molar-refractivity contribution >= 4 is 22.2 Å². The topological polar surface area (TPSA) is 51.8 Å². The van der Waals surface area contributed by atoms with Crippen LogP contribution in [0, 0.1) is 6.92 Å². The lowest BCUT2D eigenvalue weighted by Gasteiger charge is -2.03. The molecule has 4 aromatic heterocycles. The summed E-state index contributed by atoms with van der Waals surface area (Å²) in [5, 5.41) is 0.934. The Morgan fingerprint density at radius 2 is 1.54 bits per heavy atom. The Balaban J connectivity index is 1.85. The molecule has 26 heavy (non-hydrogen) atoms. The fourth-order valence-corrected chi connectivity index (χ4v) is 3.32. The van der Waals surface area contributed by atoms with E-state index in [0.29, 0.717) is 5.71 Å². The van der Waals surface area contributed by atoms with Crippen LogP contribution >= 0.6 is 0 Å². The van der Waals surface area contributed by atoms with E-state index in [1.54, 1.807) is 12.4 Å². The second-order valence-corrected chi connectivity index (χ2v) is 6.26. The maximum Gasteiger partial charge on any atom is 0.229 e. The summed E-state index contributed by atoms with van der Waals surface area (Å²) >= 11 is 0. The molecular formula is C22H15N3O. The number of fused-ring (bicyclic) bond motifs is 3. The molecule has 124 valence electrons. The second kappa shape index (κ2) is 5.77. The average molecular weight is 337 g/mol. The van der Waals surface area contributed by atoms with E-state index in [0.717, 1.165) is 44.4 Å². The van der Waals surface area contributed by atoms with Crippen LogP contribution in [-0.2, 0) is 0 Å². The van der Waals surface area contributed by atoms with Crippen LogP contribution < -0.4 is 0 Å². The molecule has 5 rings (SSSR count). The third-order valence-electron chi connectivity index (χ3n) is 4.53. The third kappa shape index (κ3) is 2.27. The molecule has 1 aromatic carbocycles. The van der Waals surface area contributed by atoms with E-state index in [9.17, 15) is 0 Å². The van der Waals surface area contributed by atoms with E-state index in [1.807, 2.05) is 48.7 Å². The largest absolute Gasteiger partial charge is 0.435 e. The van der Waals surface area contributed by atoms with Gasteiger partial charge in [0.1, 0.15) is 5.52 Å². The first-order chi connectivity index (χ1) is 12.8. The summed E-state index contributed by atoms with van der Waals surface area (Å²) in [6.07, 6.45) is 5.39. The SMILES string of the molecule is Cc1ccnc(-c2ccnc3c2oc2nccc(-c4ccccc4)c23)c1.